The van der Waals surface area contributed by atoms with E-state index in [0.717, 1.165) is 5.75 Å². The Morgan fingerprint density at radius 2 is 1.27 bits per heavy atom. The minimum absolute atomic E-state index is 0.0550. The molecule has 1 nitrogen and oxygen atoms in total. The van der Waals surface area contributed by atoms with Crippen LogP contribution >= 0.6 is 0 Å². The molecule has 0 aliphatic heterocycles. The number of fused-ring (bicyclic) bond motifs is 7. The molecule has 2 aliphatic rings. The summed E-state index contributed by atoms with van der Waals surface area (Å²) in [6.07, 6.45) is 0. The summed E-state index contributed by atoms with van der Waals surface area (Å²) in [7, 11) is 1.72. The van der Waals surface area contributed by atoms with Gasteiger partial charge in [-0.3, -0.25) is 0 Å². The van der Waals surface area contributed by atoms with Crippen molar-refractivity contribution in [3.63, 3.8) is 0 Å². The minimum atomic E-state index is 0.0550. The van der Waals surface area contributed by atoms with Gasteiger partial charge in [-0.15, -0.1) is 0 Å². The van der Waals surface area contributed by atoms with Gasteiger partial charge in [-0.1, -0.05) is 60.7 Å². The van der Waals surface area contributed by atoms with E-state index in [1.165, 1.54) is 27.8 Å². The average molecular weight is 284 g/mol. The van der Waals surface area contributed by atoms with E-state index in [2.05, 4.69) is 72.8 Å². The van der Waals surface area contributed by atoms with Gasteiger partial charge in [0.1, 0.15) is 5.75 Å². The summed E-state index contributed by atoms with van der Waals surface area (Å²) in [5.74, 6) is 1.42. The molecule has 3 aromatic carbocycles. The summed E-state index contributed by atoms with van der Waals surface area (Å²) in [6, 6.07) is 26.3. The highest BCUT2D eigenvalue weighted by Gasteiger charge is 2.62. The third-order valence-corrected chi connectivity index (χ3v) is 5.37. The molecule has 0 saturated heterocycles. The van der Waals surface area contributed by atoms with Crippen molar-refractivity contribution in [1.29, 1.82) is 0 Å². The molecular weight excluding hydrogens is 268 g/mol. The maximum Gasteiger partial charge on any atom is 0.118 e. The third kappa shape index (κ3) is 1.17. The zero-order valence-corrected chi connectivity index (χ0v) is 12.4. The SMILES string of the molecule is COc1ccc(C23c4ccccc4C2c2ccccc23)cc1. The van der Waals surface area contributed by atoms with Gasteiger partial charge in [-0.05, 0) is 39.9 Å². The van der Waals surface area contributed by atoms with Crippen LogP contribution < -0.4 is 4.74 Å². The minimum Gasteiger partial charge on any atom is -0.497 e. The normalized spacial score (nSPS) is 23.4. The van der Waals surface area contributed by atoms with Crippen LogP contribution in [0, 0.1) is 0 Å². The number of hydrogen-bond donors (Lipinski definition) is 0. The second-order valence-corrected chi connectivity index (χ2v) is 6.14. The van der Waals surface area contributed by atoms with Gasteiger partial charge in [0.05, 0.1) is 12.5 Å². The molecule has 1 heteroatoms. The lowest BCUT2D eigenvalue weighted by Gasteiger charge is -2.61. The Kier molecular flexibility index (Phi) is 2.20. The first kappa shape index (κ1) is 12.0. The van der Waals surface area contributed by atoms with E-state index in [0.29, 0.717) is 5.92 Å². The zero-order valence-electron chi connectivity index (χ0n) is 12.4. The molecule has 0 N–H and O–H groups in total. The molecule has 22 heavy (non-hydrogen) atoms. The molecule has 0 fully saturated rings. The van der Waals surface area contributed by atoms with Gasteiger partial charge in [0.25, 0.3) is 0 Å². The van der Waals surface area contributed by atoms with E-state index >= 15 is 0 Å². The summed E-state index contributed by atoms with van der Waals surface area (Å²) >= 11 is 0. The Morgan fingerprint density at radius 3 is 1.82 bits per heavy atom. The quantitative estimate of drug-likeness (QED) is 0.674. The Morgan fingerprint density at radius 1 is 0.727 bits per heavy atom. The molecule has 0 aromatic heterocycles. The molecule has 0 saturated carbocycles. The topological polar surface area (TPSA) is 9.23 Å². The molecule has 0 bridgehead atoms. The molecule has 2 aliphatic carbocycles. The highest BCUT2D eigenvalue weighted by atomic mass is 16.5. The van der Waals surface area contributed by atoms with E-state index < -0.39 is 0 Å². The summed E-state index contributed by atoms with van der Waals surface area (Å²) in [6.45, 7) is 0. The van der Waals surface area contributed by atoms with Crippen LogP contribution in [0.4, 0.5) is 0 Å². The van der Waals surface area contributed by atoms with E-state index in [1.54, 1.807) is 7.11 Å². The summed E-state index contributed by atoms with van der Waals surface area (Å²) in [5, 5.41) is 0. The fourth-order valence-electron chi connectivity index (χ4n) is 4.48. The van der Waals surface area contributed by atoms with Crippen LogP contribution in [0.15, 0.2) is 72.8 Å². The smallest absolute Gasteiger partial charge is 0.118 e. The molecule has 0 heterocycles. The fourth-order valence-corrected chi connectivity index (χ4v) is 4.48. The molecule has 0 unspecified atom stereocenters. The average Bonchev–Trinajstić information content (AvgIpc) is 2.56. The van der Waals surface area contributed by atoms with Gasteiger partial charge in [0, 0.05) is 5.92 Å². The Labute approximate surface area is 130 Å². The molecule has 106 valence electrons. The van der Waals surface area contributed by atoms with Gasteiger partial charge < -0.3 is 4.74 Å². The van der Waals surface area contributed by atoms with Gasteiger partial charge in [-0.25, -0.2) is 0 Å². The lowest BCUT2D eigenvalue weighted by molar-refractivity contribution is 0.393. The fraction of sp³-hybridized carbons (Fsp3) is 0.143. The molecule has 0 atom stereocenters. The van der Waals surface area contributed by atoms with Crippen LogP contribution in [-0.4, -0.2) is 7.11 Å². The second kappa shape index (κ2) is 4.01. The Balaban J connectivity index is 1.77. The number of methoxy groups -OCH3 is 1. The standard InChI is InChI=1S/C21H16O/c1-22-15-12-10-14(11-13-15)21-18-8-4-2-6-16(18)20(21)17-7-3-5-9-19(17)21/h2-13,20H,1H3. The first-order valence-corrected chi connectivity index (χ1v) is 7.70. The summed E-state index contributed by atoms with van der Waals surface area (Å²) in [5.41, 5.74) is 7.32. The maximum absolute atomic E-state index is 5.32. The van der Waals surface area contributed by atoms with Crippen LogP contribution in [0.1, 0.15) is 33.7 Å². The van der Waals surface area contributed by atoms with Crippen molar-refractivity contribution in [3.8, 4) is 5.75 Å². The molecule has 0 radical (unpaired) electrons. The molecule has 0 amide bonds. The van der Waals surface area contributed by atoms with Crippen LogP contribution in [-0.2, 0) is 5.41 Å². The second-order valence-electron chi connectivity index (χ2n) is 6.14. The first-order chi connectivity index (χ1) is 10.9. The first-order valence-electron chi connectivity index (χ1n) is 7.70. The third-order valence-electron chi connectivity index (χ3n) is 5.37. The van der Waals surface area contributed by atoms with Crippen molar-refractivity contribution in [1.82, 2.24) is 0 Å². The Hall–Kier alpha value is -2.54. The largest absolute Gasteiger partial charge is 0.497 e. The van der Waals surface area contributed by atoms with Gasteiger partial charge in [0.15, 0.2) is 0 Å². The van der Waals surface area contributed by atoms with Crippen molar-refractivity contribution in [2.45, 2.75) is 11.3 Å². The van der Waals surface area contributed by atoms with Crippen LogP contribution in [0.3, 0.4) is 0 Å². The van der Waals surface area contributed by atoms with Gasteiger partial charge in [0.2, 0.25) is 0 Å². The van der Waals surface area contributed by atoms with Crippen molar-refractivity contribution in [2.24, 2.45) is 0 Å². The predicted molar refractivity (Wildman–Crippen MR) is 87.6 cm³/mol. The lowest BCUT2D eigenvalue weighted by atomic mass is 9.40. The van der Waals surface area contributed by atoms with E-state index in [-0.39, 0.29) is 5.41 Å². The van der Waals surface area contributed by atoms with Crippen molar-refractivity contribution in [2.75, 3.05) is 7.11 Å². The summed E-state index contributed by atoms with van der Waals surface area (Å²) in [4.78, 5) is 0. The predicted octanol–water partition coefficient (Wildman–Crippen LogP) is 4.49. The van der Waals surface area contributed by atoms with E-state index in [9.17, 15) is 0 Å². The van der Waals surface area contributed by atoms with Crippen LogP contribution in [0.25, 0.3) is 0 Å². The lowest BCUT2D eigenvalue weighted by Crippen LogP contribution is -2.54. The Bertz CT molecular complexity index is 829. The van der Waals surface area contributed by atoms with Crippen LogP contribution in [0.2, 0.25) is 0 Å². The van der Waals surface area contributed by atoms with E-state index in [1.807, 2.05) is 0 Å². The highest BCUT2D eigenvalue weighted by Crippen LogP contribution is 2.69. The molecular formula is C21H16O. The van der Waals surface area contributed by atoms with Crippen molar-refractivity contribution in [3.05, 3.63) is 101 Å². The van der Waals surface area contributed by atoms with Crippen molar-refractivity contribution >= 4 is 0 Å². The van der Waals surface area contributed by atoms with Gasteiger partial charge >= 0.3 is 0 Å². The maximum atomic E-state index is 5.32. The van der Waals surface area contributed by atoms with E-state index in [4.69, 9.17) is 4.74 Å². The number of benzene rings is 3. The van der Waals surface area contributed by atoms with Gasteiger partial charge in [-0.2, -0.15) is 0 Å². The highest BCUT2D eigenvalue weighted by molar-refractivity contribution is 5.77. The number of rotatable bonds is 2. The molecule has 5 rings (SSSR count). The monoisotopic (exact) mass is 284 g/mol. The molecule has 0 spiro atoms. The van der Waals surface area contributed by atoms with Crippen molar-refractivity contribution < 1.29 is 4.74 Å². The number of hydrogen-bond acceptors (Lipinski definition) is 1. The zero-order chi connectivity index (χ0) is 14.7. The number of ether oxygens (including phenoxy) is 1. The summed E-state index contributed by atoms with van der Waals surface area (Å²) < 4.78 is 5.32. The van der Waals surface area contributed by atoms with Crippen LogP contribution in [0.5, 0.6) is 5.75 Å². The molecule has 3 aromatic rings.